The Morgan fingerprint density at radius 2 is 1.82 bits per heavy atom. The summed E-state index contributed by atoms with van der Waals surface area (Å²) >= 11 is 9.99. The molecule has 0 saturated carbocycles. The van der Waals surface area contributed by atoms with Crippen molar-refractivity contribution in [2.75, 3.05) is 13.2 Å². The summed E-state index contributed by atoms with van der Waals surface area (Å²) in [5, 5.41) is 12.4. The Bertz CT molecular complexity index is 1530. The third-order valence-corrected chi connectivity index (χ3v) is 7.80. The number of amides is 3. The minimum atomic E-state index is -0.860. The number of ether oxygens (including phenoxy) is 1. The van der Waals surface area contributed by atoms with E-state index in [2.05, 4.69) is 26.2 Å². The number of aromatic amines is 1. The molecule has 0 spiro atoms. The van der Waals surface area contributed by atoms with Gasteiger partial charge in [-0.25, -0.2) is 9.78 Å². The number of carbonyl (C=O) groups excluding carboxylic acids is 2. The van der Waals surface area contributed by atoms with Gasteiger partial charge in [-0.1, -0.05) is 83.0 Å². The number of aliphatic hydroxyl groups is 1. The molecule has 0 bridgehead atoms. The normalized spacial score (nSPS) is 16.6. The molecule has 1 aliphatic heterocycles. The van der Waals surface area contributed by atoms with Gasteiger partial charge in [0.25, 0.3) is 5.91 Å². The highest BCUT2D eigenvalue weighted by Crippen LogP contribution is 2.40. The molecular weight excluding hydrogens is 596 g/mol. The standard InChI is InChI=1S/C30H28BrClN4O4/c1-17(19-6-4-3-5-7-19)27(28-33-18(2)25(34-28)23-13-10-21(31)16-24(23)32)36-29(38)26(35-30(36)39)20-8-11-22(12-9-20)40-15-14-37/h3-13,16-17,26-27,37H,14-15H2,1-2H3,(H,33,34)(H,35,39)/t17-,26+,27-/m0/s1. The van der Waals surface area contributed by atoms with Crippen LogP contribution in [0.3, 0.4) is 0 Å². The smallest absolute Gasteiger partial charge is 0.325 e. The van der Waals surface area contributed by atoms with Crippen LogP contribution >= 0.6 is 27.5 Å². The third kappa shape index (κ3) is 5.50. The number of hydrogen-bond donors (Lipinski definition) is 3. The molecule has 3 amide bonds. The highest BCUT2D eigenvalue weighted by molar-refractivity contribution is 9.10. The van der Waals surface area contributed by atoms with Gasteiger partial charge >= 0.3 is 6.03 Å². The summed E-state index contributed by atoms with van der Waals surface area (Å²) in [6, 6.07) is 20.1. The number of carbonyl (C=O) groups is 2. The van der Waals surface area contributed by atoms with E-state index < -0.39 is 18.1 Å². The molecule has 1 aliphatic rings. The maximum atomic E-state index is 13.9. The molecule has 0 unspecified atom stereocenters. The predicted molar refractivity (Wildman–Crippen MR) is 156 cm³/mol. The van der Waals surface area contributed by atoms with Gasteiger partial charge in [-0.05, 0) is 42.3 Å². The van der Waals surface area contributed by atoms with Crippen molar-refractivity contribution < 1.29 is 19.4 Å². The monoisotopic (exact) mass is 622 g/mol. The van der Waals surface area contributed by atoms with Crippen LogP contribution in [0.5, 0.6) is 5.75 Å². The first kappa shape index (κ1) is 27.9. The number of aryl methyl sites for hydroxylation is 1. The van der Waals surface area contributed by atoms with Gasteiger partial charge < -0.3 is 20.1 Å². The molecule has 10 heteroatoms. The second-order valence-corrected chi connectivity index (χ2v) is 10.9. The molecule has 40 heavy (non-hydrogen) atoms. The molecule has 5 rings (SSSR count). The zero-order valence-electron chi connectivity index (χ0n) is 21.9. The number of imidazole rings is 1. The molecule has 206 valence electrons. The van der Waals surface area contributed by atoms with Gasteiger partial charge in [-0.15, -0.1) is 0 Å². The van der Waals surface area contributed by atoms with Crippen LogP contribution in [-0.2, 0) is 4.79 Å². The molecule has 1 aromatic heterocycles. The van der Waals surface area contributed by atoms with Crippen LogP contribution in [0.1, 0.15) is 47.6 Å². The van der Waals surface area contributed by atoms with Crippen LogP contribution in [0, 0.1) is 6.92 Å². The largest absolute Gasteiger partial charge is 0.491 e. The Morgan fingerprint density at radius 3 is 2.50 bits per heavy atom. The van der Waals surface area contributed by atoms with Gasteiger partial charge in [0, 0.05) is 21.6 Å². The minimum Gasteiger partial charge on any atom is -0.491 e. The number of hydrogen-bond acceptors (Lipinski definition) is 5. The van der Waals surface area contributed by atoms with Crippen molar-refractivity contribution >= 4 is 39.5 Å². The molecule has 4 aromatic rings. The number of aliphatic hydroxyl groups excluding tert-OH is 1. The molecular formula is C30H28BrClN4O4. The lowest BCUT2D eigenvalue weighted by molar-refractivity contribution is -0.129. The Hall–Kier alpha value is -3.66. The van der Waals surface area contributed by atoms with Crippen molar-refractivity contribution in [3.8, 4) is 17.0 Å². The van der Waals surface area contributed by atoms with Gasteiger partial charge in [-0.3, -0.25) is 9.69 Å². The fourth-order valence-electron chi connectivity index (χ4n) is 4.99. The van der Waals surface area contributed by atoms with Gasteiger partial charge in [0.15, 0.2) is 0 Å². The molecule has 0 radical (unpaired) electrons. The highest BCUT2D eigenvalue weighted by atomic mass is 79.9. The van der Waals surface area contributed by atoms with Crippen molar-refractivity contribution in [3.63, 3.8) is 0 Å². The van der Waals surface area contributed by atoms with E-state index in [1.807, 2.05) is 56.3 Å². The molecule has 3 atom stereocenters. The van der Waals surface area contributed by atoms with Gasteiger partial charge in [-0.2, -0.15) is 0 Å². The van der Waals surface area contributed by atoms with E-state index in [-0.39, 0.29) is 25.0 Å². The minimum absolute atomic E-state index is 0.100. The number of aromatic nitrogens is 2. The Morgan fingerprint density at radius 1 is 1.10 bits per heavy atom. The SMILES string of the molecule is Cc1[nH]c([C@H]([C@@H](C)c2ccccc2)N2C(=O)N[C@H](c3ccc(OCCO)cc3)C2=O)nc1-c1ccc(Br)cc1Cl. The van der Waals surface area contributed by atoms with E-state index in [1.165, 1.54) is 4.90 Å². The first-order valence-electron chi connectivity index (χ1n) is 12.8. The zero-order valence-corrected chi connectivity index (χ0v) is 24.2. The zero-order chi connectivity index (χ0) is 28.4. The lowest BCUT2D eigenvalue weighted by Gasteiger charge is -2.29. The molecule has 3 N–H and O–H groups in total. The number of nitrogens with one attached hydrogen (secondary N) is 2. The quantitative estimate of drug-likeness (QED) is 0.190. The fraction of sp³-hybridized carbons (Fsp3) is 0.233. The molecule has 1 saturated heterocycles. The second kappa shape index (κ2) is 11.8. The van der Waals surface area contributed by atoms with E-state index in [0.717, 1.165) is 21.3 Å². The number of rotatable bonds is 9. The molecule has 3 aromatic carbocycles. The summed E-state index contributed by atoms with van der Waals surface area (Å²) < 4.78 is 6.28. The number of H-pyrrole nitrogens is 1. The summed E-state index contributed by atoms with van der Waals surface area (Å²) in [5.41, 5.74) is 3.75. The third-order valence-electron chi connectivity index (χ3n) is 6.99. The predicted octanol–water partition coefficient (Wildman–Crippen LogP) is 6.31. The topological polar surface area (TPSA) is 108 Å². The van der Waals surface area contributed by atoms with Crippen molar-refractivity contribution in [1.82, 2.24) is 20.2 Å². The Balaban J connectivity index is 1.53. The molecule has 0 aliphatic carbocycles. The van der Waals surface area contributed by atoms with Crippen LogP contribution in [0.2, 0.25) is 5.02 Å². The number of benzene rings is 3. The summed E-state index contributed by atoms with van der Waals surface area (Å²) in [7, 11) is 0. The Labute approximate surface area is 245 Å². The second-order valence-electron chi connectivity index (χ2n) is 9.60. The number of urea groups is 1. The first-order valence-corrected chi connectivity index (χ1v) is 14.0. The van der Waals surface area contributed by atoms with Crippen LogP contribution < -0.4 is 10.1 Å². The summed E-state index contributed by atoms with van der Waals surface area (Å²) in [5.74, 6) is 0.397. The van der Waals surface area contributed by atoms with Crippen molar-refractivity contribution in [2.24, 2.45) is 0 Å². The Kier molecular flexibility index (Phi) is 8.25. The van der Waals surface area contributed by atoms with Crippen molar-refractivity contribution in [3.05, 3.63) is 105 Å². The average molecular weight is 624 g/mol. The number of imide groups is 1. The average Bonchev–Trinajstić information content (AvgIpc) is 3.47. The van der Waals surface area contributed by atoms with E-state index >= 15 is 0 Å². The fourth-order valence-corrected chi connectivity index (χ4v) is 5.76. The maximum absolute atomic E-state index is 13.9. The van der Waals surface area contributed by atoms with Gasteiger partial charge in [0.1, 0.15) is 30.3 Å². The highest BCUT2D eigenvalue weighted by Gasteiger charge is 2.46. The van der Waals surface area contributed by atoms with Crippen molar-refractivity contribution in [2.45, 2.75) is 31.8 Å². The molecule has 2 heterocycles. The summed E-state index contributed by atoms with van der Waals surface area (Å²) in [6.07, 6.45) is 0. The van der Waals surface area contributed by atoms with Crippen LogP contribution in [-0.4, -0.2) is 45.1 Å². The van der Waals surface area contributed by atoms with E-state index in [0.29, 0.717) is 27.9 Å². The number of nitrogens with zero attached hydrogens (tertiary/aromatic N) is 2. The maximum Gasteiger partial charge on any atom is 0.325 e. The van der Waals surface area contributed by atoms with E-state index in [1.54, 1.807) is 30.3 Å². The van der Waals surface area contributed by atoms with Gasteiger partial charge in [0.2, 0.25) is 0 Å². The lowest BCUT2D eigenvalue weighted by atomic mass is 9.91. The van der Waals surface area contributed by atoms with E-state index in [9.17, 15) is 9.59 Å². The van der Waals surface area contributed by atoms with Gasteiger partial charge in [0.05, 0.1) is 17.3 Å². The molecule has 8 nitrogen and oxygen atoms in total. The van der Waals surface area contributed by atoms with Crippen LogP contribution in [0.4, 0.5) is 4.79 Å². The summed E-state index contributed by atoms with van der Waals surface area (Å²) in [4.78, 5) is 36.9. The van der Waals surface area contributed by atoms with Crippen molar-refractivity contribution in [1.29, 1.82) is 0 Å². The number of halogens is 2. The summed E-state index contributed by atoms with van der Waals surface area (Å²) in [6.45, 7) is 3.94. The lowest BCUT2D eigenvalue weighted by Crippen LogP contribution is -2.38. The first-order chi connectivity index (χ1) is 19.3. The van der Waals surface area contributed by atoms with Crippen LogP contribution in [0.15, 0.2) is 77.3 Å². The van der Waals surface area contributed by atoms with E-state index in [4.69, 9.17) is 26.4 Å². The van der Waals surface area contributed by atoms with Crippen LogP contribution in [0.25, 0.3) is 11.3 Å². The molecule has 1 fully saturated rings.